The van der Waals surface area contributed by atoms with Gasteiger partial charge in [0.1, 0.15) is 10.8 Å². The fourth-order valence-corrected chi connectivity index (χ4v) is 2.46. The van der Waals surface area contributed by atoms with Gasteiger partial charge in [-0.1, -0.05) is 0 Å². The predicted molar refractivity (Wildman–Crippen MR) is 67.5 cm³/mol. The Morgan fingerprint density at radius 2 is 1.19 bits per heavy atom. The summed E-state index contributed by atoms with van der Waals surface area (Å²) in [5.41, 5.74) is -8.20. The van der Waals surface area contributed by atoms with Gasteiger partial charge in [-0.15, -0.1) is 0 Å². The van der Waals surface area contributed by atoms with E-state index < -0.39 is 60.4 Å². The van der Waals surface area contributed by atoms with Crippen LogP contribution < -0.4 is 0 Å². The molecule has 0 saturated heterocycles. The molecule has 6 N–H and O–H groups in total. The van der Waals surface area contributed by atoms with E-state index >= 15 is 0 Å². The molecule has 0 aromatic heterocycles. The zero-order valence-corrected chi connectivity index (χ0v) is 11.7. The number of carboxylic acid groups (broad SMARTS) is 3. The highest BCUT2D eigenvalue weighted by Gasteiger charge is 2.69. The Kier molecular flexibility index (Phi) is 5.85. The Hall–Kier alpha value is -1.71. The van der Waals surface area contributed by atoms with Crippen LogP contribution in [0.15, 0.2) is 0 Å². The third-order valence-electron chi connectivity index (χ3n) is 3.93. The molecule has 0 aliphatic carbocycles. The third kappa shape index (κ3) is 2.71. The number of aliphatic carboxylic acids is 3. The summed E-state index contributed by atoms with van der Waals surface area (Å²) < 4.78 is 0. The van der Waals surface area contributed by atoms with Crippen LogP contribution in [-0.2, 0) is 14.4 Å². The van der Waals surface area contributed by atoms with Crippen molar-refractivity contribution in [1.82, 2.24) is 0 Å². The first-order valence-electron chi connectivity index (χ1n) is 6.10. The molecule has 0 heterocycles. The molecule has 9 heteroatoms. The van der Waals surface area contributed by atoms with Crippen LogP contribution in [-0.4, -0.2) is 67.4 Å². The van der Waals surface area contributed by atoms with Crippen molar-refractivity contribution in [2.45, 2.75) is 32.3 Å². The van der Waals surface area contributed by atoms with E-state index in [4.69, 9.17) is 15.3 Å². The maximum absolute atomic E-state index is 11.6. The predicted octanol–water partition coefficient (Wildman–Crippen LogP) is -1.25. The molecule has 122 valence electrons. The summed E-state index contributed by atoms with van der Waals surface area (Å²) in [6.45, 7) is 0.126. The van der Waals surface area contributed by atoms with E-state index in [-0.39, 0.29) is 0 Å². The van der Waals surface area contributed by atoms with Crippen LogP contribution >= 0.6 is 0 Å². The van der Waals surface area contributed by atoms with Crippen molar-refractivity contribution < 1.29 is 45.0 Å². The topological polar surface area (TPSA) is 173 Å². The largest absolute Gasteiger partial charge is 0.481 e. The minimum absolute atomic E-state index is 0.734. The fraction of sp³-hybridized carbons (Fsp3) is 0.750. The molecule has 0 bridgehead atoms. The van der Waals surface area contributed by atoms with Crippen LogP contribution in [0.25, 0.3) is 0 Å². The van der Waals surface area contributed by atoms with Crippen molar-refractivity contribution in [2.24, 2.45) is 10.8 Å². The summed E-state index contributed by atoms with van der Waals surface area (Å²) in [7, 11) is 0. The summed E-state index contributed by atoms with van der Waals surface area (Å²) >= 11 is 0. The summed E-state index contributed by atoms with van der Waals surface area (Å²) in [6, 6.07) is 0. The molecule has 0 aromatic rings. The van der Waals surface area contributed by atoms with E-state index in [0.717, 1.165) is 13.8 Å². The first-order valence-corrected chi connectivity index (χ1v) is 6.10. The highest BCUT2D eigenvalue weighted by molar-refractivity contribution is 5.95. The maximum atomic E-state index is 11.6. The van der Waals surface area contributed by atoms with Gasteiger partial charge in [0.15, 0.2) is 5.60 Å². The average molecular weight is 308 g/mol. The quantitative estimate of drug-likeness (QED) is 0.304. The average Bonchev–Trinajstić information content (AvgIpc) is 2.36. The zero-order valence-electron chi connectivity index (χ0n) is 11.7. The Morgan fingerprint density at radius 1 is 0.810 bits per heavy atom. The summed E-state index contributed by atoms with van der Waals surface area (Å²) in [5, 5.41) is 56.5. The SMILES string of the molecule is CC(C)(C(=O)O)C(O)(C(=O)O)C(CCO)(CCO)C(=O)O. The van der Waals surface area contributed by atoms with Crippen molar-refractivity contribution >= 4 is 17.9 Å². The second-order valence-corrected chi connectivity index (χ2v) is 5.28. The second-order valence-electron chi connectivity index (χ2n) is 5.28. The van der Waals surface area contributed by atoms with E-state index in [0.29, 0.717) is 0 Å². The van der Waals surface area contributed by atoms with Gasteiger partial charge in [-0.2, -0.15) is 0 Å². The summed E-state index contributed by atoms with van der Waals surface area (Å²) in [4.78, 5) is 34.4. The van der Waals surface area contributed by atoms with E-state index in [1.54, 1.807) is 0 Å². The molecule has 0 aromatic carbocycles. The number of carboxylic acids is 3. The highest BCUT2D eigenvalue weighted by Crippen LogP contribution is 2.49. The van der Waals surface area contributed by atoms with E-state index in [9.17, 15) is 29.7 Å². The zero-order chi connectivity index (χ0) is 17.1. The van der Waals surface area contributed by atoms with Crippen molar-refractivity contribution in [3.8, 4) is 0 Å². The number of carbonyl (C=O) groups is 3. The summed E-state index contributed by atoms with van der Waals surface area (Å²) in [6.07, 6.45) is -1.47. The first kappa shape index (κ1) is 19.3. The molecule has 0 radical (unpaired) electrons. The molecule has 1 unspecified atom stereocenters. The second kappa shape index (κ2) is 6.37. The first-order chi connectivity index (χ1) is 9.45. The van der Waals surface area contributed by atoms with Gasteiger partial charge in [0, 0.05) is 13.2 Å². The molecular weight excluding hydrogens is 288 g/mol. The molecule has 0 rings (SSSR count). The monoisotopic (exact) mass is 308 g/mol. The lowest BCUT2D eigenvalue weighted by Crippen LogP contribution is -2.68. The lowest BCUT2D eigenvalue weighted by Gasteiger charge is -2.47. The van der Waals surface area contributed by atoms with Crippen LogP contribution in [0.2, 0.25) is 0 Å². The van der Waals surface area contributed by atoms with Gasteiger partial charge >= 0.3 is 17.9 Å². The van der Waals surface area contributed by atoms with Gasteiger partial charge in [0.2, 0.25) is 0 Å². The lowest BCUT2D eigenvalue weighted by atomic mass is 9.56. The van der Waals surface area contributed by atoms with Crippen LogP contribution in [0.5, 0.6) is 0 Å². The van der Waals surface area contributed by atoms with Crippen molar-refractivity contribution in [3.63, 3.8) is 0 Å². The number of rotatable bonds is 9. The normalized spacial score (nSPS) is 15.3. The molecule has 0 aliphatic heterocycles. The van der Waals surface area contributed by atoms with E-state index in [1.165, 1.54) is 0 Å². The van der Waals surface area contributed by atoms with Crippen molar-refractivity contribution in [3.05, 3.63) is 0 Å². The molecule has 21 heavy (non-hydrogen) atoms. The van der Waals surface area contributed by atoms with Crippen LogP contribution in [0, 0.1) is 10.8 Å². The Bertz CT molecular complexity index is 422. The van der Waals surface area contributed by atoms with Crippen LogP contribution in [0.4, 0.5) is 0 Å². The highest BCUT2D eigenvalue weighted by atomic mass is 16.4. The Balaban J connectivity index is 6.51. The Morgan fingerprint density at radius 3 is 1.38 bits per heavy atom. The van der Waals surface area contributed by atoms with E-state index in [2.05, 4.69) is 0 Å². The molecular formula is C12H20O9. The van der Waals surface area contributed by atoms with Gasteiger partial charge < -0.3 is 30.6 Å². The molecule has 0 spiro atoms. The maximum Gasteiger partial charge on any atom is 0.338 e. The van der Waals surface area contributed by atoms with Crippen LogP contribution in [0.1, 0.15) is 26.7 Å². The molecule has 1 atom stereocenters. The standard InChI is InChI=1S/C12H20O9/c1-10(2,7(15)16)12(21,9(19)20)11(3-5-13,4-6-14)8(17)18/h13-14,21H,3-6H2,1-2H3,(H,15,16)(H,17,18)(H,19,20). The minimum atomic E-state index is -3.25. The summed E-state index contributed by atoms with van der Waals surface area (Å²) in [5.74, 6) is -5.60. The van der Waals surface area contributed by atoms with E-state index in [1.807, 2.05) is 0 Å². The molecule has 0 aliphatic rings. The number of aliphatic hydroxyl groups excluding tert-OH is 2. The number of hydrogen-bond acceptors (Lipinski definition) is 6. The van der Waals surface area contributed by atoms with Gasteiger partial charge in [-0.25, -0.2) is 4.79 Å². The Labute approximate surface area is 120 Å². The smallest absolute Gasteiger partial charge is 0.338 e. The van der Waals surface area contributed by atoms with Gasteiger partial charge in [0.25, 0.3) is 0 Å². The van der Waals surface area contributed by atoms with Crippen molar-refractivity contribution in [2.75, 3.05) is 13.2 Å². The van der Waals surface area contributed by atoms with Gasteiger partial charge in [-0.05, 0) is 26.7 Å². The molecule has 0 amide bonds. The third-order valence-corrected chi connectivity index (χ3v) is 3.93. The van der Waals surface area contributed by atoms with Crippen LogP contribution in [0.3, 0.4) is 0 Å². The minimum Gasteiger partial charge on any atom is -0.481 e. The lowest BCUT2D eigenvalue weighted by molar-refractivity contribution is -0.221. The van der Waals surface area contributed by atoms with Crippen molar-refractivity contribution in [1.29, 1.82) is 0 Å². The molecule has 9 nitrogen and oxygen atoms in total. The molecule has 0 saturated carbocycles. The number of hydrogen-bond donors (Lipinski definition) is 6. The number of aliphatic hydroxyl groups is 3. The van der Waals surface area contributed by atoms with Gasteiger partial charge in [0.05, 0.1) is 0 Å². The van der Waals surface area contributed by atoms with Gasteiger partial charge in [-0.3, -0.25) is 9.59 Å². The molecule has 0 fully saturated rings. The fourth-order valence-electron chi connectivity index (χ4n) is 2.46.